The number of rotatable bonds is 3. The van der Waals surface area contributed by atoms with Gasteiger partial charge in [-0.15, -0.1) is 11.3 Å². The Kier molecular flexibility index (Phi) is 3.01. The van der Waals surface area contributed by atoms with Crippen LogP contribution in [0.2, 0.25) is 0 Å². The maximum Gasteiger partial charge on any atom is 0.348 e. The second-order valence-corrected chi connectivity index (χ2v) is 4.45. The minimum absolute atomic E-state index is 0.158. The van der Waals surface area contributed by atoms with Crippen molar-refractivity contribution in [1.29, 1.82) is 0 Å². The van der Waals surface area contributed by atoms with E-state index in [2.05, 4.69) is 0 Å². The number of para-hydroxylation sites is 1. The first-order chi connectivity index (χ1) is 8.13. The molecule has 0 spiro atoms. The van der Waals surface area contributed by atoms with Gasteiger partial charge in [0.1, 0.15) is 10.6 Å². The van der Waals surface area contributed by atoms with E-state index in [1.165, 1.54) is 0 Å². The lowest BCUT2D eigenvalue weighted by Gasteiger charge is -2.05. The van der Waals surface area contributed by atoms with E-state index in [4.69, 9.17) is 15.6 Å². The molecule has 0 aliphatic rings. The van der Waals surface area contributed by atoms with Gasteiger partial charge in [-0.05, 0) is 18.2 Å². The van der Waals surface area contributed by atoms with Crippen LogP contribution >= 0.6 is 11.3 Å². The van der Waals surface area contributed by atoms with Crippen molar-refractivity contribution < 1.29 is 14.6 Å². The zero-order valence-electron chi connectivity index (χ0n) is 9.14. The summed E-state index contributed by atoms with van der Waals surface area (Å²) in [5, 5.41) is 8.95. The van der Waals surface area contributed by atoms with Crippen LogP contribution in [0.25, 0.3) is 10.4 Å². The Labute approximate surface area is 102 Å². The molecule has 4 nitrogen and oxygen atoms in total. The molecular formula is C12H11NO3S. The standard InChI is InChI=1S/C12H11NO3S/c1-16-9-5-3-2-4-7(9)10-6-8(13)11(17-10)12(14)15/h2-6H,13H2,1H3,(H,14,15). The van der Waals surface area contributed by atoms with Gasteiger partial charge in [-0.3, -0.25) is 0 Å². The minimum atomic E-state index is -1.01. The van der Waals surface area contributed by atoms with Gasteiger partial charge in [0, 0.05) is 10.4 Å². The number of nitrogen functional groups attached to an aromatic ring is 1. The molecular weight excluding hydrogens is 238 g/mol. The van der Waals surface area contributed by atoms with Gasteiger partial charge >= 0.3 is 5.97 Å². The van der Waals surface area contributed by atoms with E-state index >= 15 is 0 Å². The monoisotopic (exact) mass is 249 g/mol. The van der Waals surface area contributed by atoms with Crippen LogP contribution < -0.4 is 10.5 Å². The van der Waals surface area contributed by atoms with Crippen LogP contribution in [0.15, 0.2) is 30.3 Å². The van der Waals surface area contributed by atoms with Crippen molar-refractivity contribution in [3.63, 3.8) is 0 Å². The van der Waals surface area contributed by atoms with Crippen molar-refractivity contribution in [2.75, 3.05) is 12.8 Å². The van der Waals surface area contributed by atoms with Crippen LogP contribution in [0, 0.1) is 0 Å². The normalized spacial score (nSPS) is 10.2. The number of carbonyl (C=O) groups is 1. The van der Waals surface area contributed by atoms with Gasteiger partial charge in [0.05, 0.1) is 12.8 Å². The third kappa shape index (κ3) is 2.09. The molecule has 2 aromatic rings. The van der Waals surface area contributed by atoms with Crippen molar-refractivity contribution in [3.8, 4) is 16.2 Å². The van der Waals surface area contributed by atoms with Gasteiger partial charge in [-0.25, -0.2) is 4.79 Å². The second-order valence-electron chi connectivity index (χ2n) is 3.40. The molecule has 17 heavy (non-hydrogen) atoms. The van der Waals surface area contributed by atoms with Gasteiger partial charge in [-0.2, -0.15) is 0 Å². The molecule has 5 heteroatoms. The van der Waals surface area contributed by atoms with Crippen molar-refractivity contribution >= 4 is 23.0 Å². The van der Waals surface area contributed by atoms with Crippen molar-refractivity contribution in [3.05, 3.63) is 35.2 Å². The number of ether oxygens (including phenoxy) is 1. The van der Waals surface area contributed by atoms with Gasteiger partial charge in [-0.1, -0.05) is 12.1 Å². The van der Waals surface area contributed by atoms with E-state index in [1.54, 1.807) is 13.2 Å². The Morgan fingerprint density at radius 1 is 1.41 bits per heavy atom. The number of nitrogens with two attached hydrogens (primary N) is 1. The molecule has 1 heterocycles. The van der Waals surface area contributed by atoms with E-state index in [-0.39, 0.29) is 10.6 Å². The molecule has 0 unspecified atom stereocenters. The number of carboxylic acids is 1. The lowest BCUT2D eigenvalue weighted by atomic mass is 10.1. The van der Waals surface area contributed by atoms with Crippen molar-refractivity contribution in [2.45, 2.75) is 0 Å². The molecule has 1 aromatic heterocycles. The van der Waals surface area contributed by atoms with Crippen LogP contribution in [0.1, 0.15) is 9.67 Å². The highest BCUT2D eigenvalue weighted by molar-refractivity contribution is 7.18. The molecule has 0 atom stereocenters. The number of carboxylic acid groups (broad SMARTS) is 1. The summed E-state index contributed by atoms with van der Waals surface area (Å²) in [6.07, 6.45) is 0. The summed E-state index contributed by atoms with van der Waals surface area (Å²) in [6, 6.07) is 9.08. The van der Waals surface area contributed by atoms with Crippen LogP contribution in [0.4, 0.5) is 5.69 Å². The molecule has 3 N–H and O–H groups in total. The molecule has 2 rings (SSSR count). The van der Waals surface area contributed by atoms with E-state index in [0.717, 1.165) is 21.8 Å². The zero-order valence-corrected chi connectivity index (χ0v) is 9.95. The lowest BCUT2D eigenvalue weighted by molar-refractivity contribution is 0.0703. The summed E-state index contributed by atoms with van der Waals surface area (Å²) in [5.74, 6) is -0.306. The van der Waals surface area contributed by atoms with Gasteiger partial charge < -0.3 is 15.6 Å². The van der Waals surface area contributed by atoms with E-state index < -0.39 is 5.97 Å². The first-order valence-corrected chi connectivity index (χ1v) is 5.71. The van der Waals surface area contributed by atoms with Crippen molar-refractivity contribution in [2.24, 2.45) is 0 Å². The third-order valence-corrected chi connectivity index (χ3v) is 3.50. The maximum atomic E-state index is 10.9. The molecule has 0 radical (unpaired) electrons. The summed E-state index contributed by atoms with van der Waals surface area (Å²) >= 11 is 1.15. The average Bonchev–Trinajstić information content (AvgIpc) is 2.71. The SMILES string of the molecule is COc1ccccc1-c1cc(N)c(C(=O)O)s1. The number of aromatic carboxylic acids is 1. The Balaban J connectivity index is 2.53. The van der Waals surface area contributed by atoms with E-state index in [9.17, 15) is 4.79 Å². The largest absolute Gasteiger partial charge is 0.496 e. The Hall–Kier alpha value is -2.01. The topological polar surface area (TPSA) is 72.5 Å². The molecule has 1 aromatic carbocycles. The first-order valence-electron chi connectivity index (χ1n) is 4.89. The highest BCUT2D eigenvalue weighted by Gasteiger charge is 2.15. The number of thiophene rings is 1. The lowest BCUT2D eigenvalue weighted by Crippen LogP contribution is -1.96. The fourth-order valence-corrected chi connectivity index (χ4v) is 2.50. The first kappa shape index (κ1) is 11.5. The summed E-state index contributed by atoms with van der Waals surface area (Å²) in [5.41, 5.74) is 6.79. The summed E-state index contributed by atoms with van der Waals surface area (Å²) in [4.78, 5) is 11.9. The van der Waals surface area contributed by atoms with E-state index in [1.807, 2.05) is 24.3 Å². The van der Waals surface area contributed by atoms with Crippen LogP contribution in [-0.4, -0.2) is 18.2 Å². The van der Waals surface area contributed by atoms with Crippen LogP contribution in [0.5, 0.6) is 5.75 Å². The van der Waals surface area contributed by atoms with Gasteiger partial charge in [0.2, 0.25) is 0 Å². The predicted octanol–water partition coefficient (Wildman–Crippen LogP) is 2.70. The third-order valence-electron chi connectivity index (χ3n) is 2.33. The Morgan fingerprint density at radius 3 is 2.71 bits per heavy atom. The molecule has 0 bridgehead atoms. The molecule has 0 saturated carbocycles. The number of hydrogen-bond donors (Lipinski definition) is 2. The Bertz CT molecular complexity index is 563. The number of benzene rings is 1. The van der Waals surface area contributed by atoms with Gasteiger partial charge in [0.25, 0.3) is 0 Å². The fraction of sp³-hybridized carbons (Fsp3) is 0.0833. The number of methoxy groups -OCH3 is 1. The van der Waals surface area contributed by atoms with Crippen LogP contribution in [-0.2, 0) is 0 Å². The molecule has 88 valence electrons. The summed E-state index contributed by atoms with van der Waals surface area (Å²) in [6.45, 7) is 0. The zero-order chi connectivity index (χ0) is 12.4. The maximum absolute atomic E-state index is 10.9. The molecule has 0 amide bonds. The van der Waals surface area contributed by atoms with Crippen molar-refractivity contribution in [1.82, 2.24) is 0 Å². The summed E-state index contributed by atoms with van der Waals surface area (Å²) in [7, 11) is 1.58. The molecule has 0 aliphatic carbocycles. The molecule has 0 aliphatic heterocycles. The molecule has 0 fully saturated rings. The minimum Gasteiger partial charge on any atom is -0.496 e. The number of anilines is 1. The average molecular weight is 249 g/mol. The fourth-order valence-electron chi connectivity index (χ4n) is 1.55. The quantitative estimate of drug-likeness (QED) is 0.877. The van der Waals surface area contributed by atoms with Crippen LogP contribution in [0.3, 0.4) is 0 Å². The van der Waals surface area contributed by atoms with E-state index in [0.29, 0.717) is 5.75 Å². The predicted molar refractivity (Wildman–Crippen MR) is 67.7 cm³/mol. The highest BCUT2D eigenvalue weighted by Crippen LogP contribution is 2.37. The molecule has 0 saturated heterocycles. The van der Waals surface area contributed by atoms with Gasteiger partial charge in [0.15, 0.2) is 0 Å². The summed E-state index contributed by atoms with van der Waals surface area (Å²) < 4.78 is 5.23. The second kappa shape index (κ2) is 4.47. The number of hydrogen-bond acceptors (Lipinski definition) is 4. The smallest absolute Gasteiger partial charge is 0.348 e. The Morgan fingerprint density at radius 2 is 2.12 bits per heavy atom. The highest BCUT2D eigenvalue weighted by atomic mass is 32.1.